The quantitative estimate of drug-likeness (QED) is 0.413. The van der Waals surface area contributed by atoms with Gasteiger partial charge in [-0.25, -0.2) is 9.78 Å². The second kappa shape index (κ2) is 10.7. The number of carbonyl (C=O) groups is 1. The van der Waals surface area contributed by atoms with Gasteiger partial charge in [0.25, 0.3) is 11.5 Å². The van der Waals surface area contributed by atoms with Crippen LogP contribution in [0.4, 0.5) is 0 Å². The van der Waals surface area contributed by atoms with Gasteiger partial charge in [-0.15, -0.1) is 0 Å². The number of pyridine rings is 1. The molecule has 1 saturated heterocycles. The van der Waals surface area contributed by atoms with Crippen LogP contribution in [0.15, 0.2) is 82.5 Å². The van der Waals surface area contributed by atoms with Gasteiger partial charge in [-0.1, -0.05) is 60.7 Å². The van der Waals surface area contributed by atoms with E-state index in [9.17, 15) is 14.4 Å². The van der Waals surface area contributed by atoms with Gasteiger partial charge < -0.3 is 10.1 Å². The lowest BCUT2D eigenvalue weighted by atomic mass is 10.2. The van der Waals surface area contributed by atoms with Crippen LogP contribution in [-0.2, 0) is 17.8 Å². The van der Waals surface area contributed by atoms with Crippen molar-refractivity contribution in [2.45, 2.75) is 19.2 Å². The molecule has 0 unspecified atom stereocenters. The molecule has 9 heteroatoms. The number of H-pyrrole nitrogens is 1. The Balaban J connectivity index is 1.27. The summed E-state index contributed by atoms with van der Waals surface area (Å²) in [6.07, 6.45) is 1.25. The highest BCUT2D eigenvalue weighted by Crippen LogP contribution is 2.12. The van der Waals surface area contributed by atoms with E-state index in [-0.39, 0.29) is 35.2 Å². The average molecular weight is 486 g/mol. The summed E-state index contributed by atoms with van der Waals surface area (Å²) < 4.78 is 7.24. The van der Waals surface area contributed by atoms with Gasteiger partial charge in [0.15, 0.2) is 0 Å². The Morgan fingerprint density at radius 3 is 2.44 bits per heavy atom. The molecule has 0 spiro atoms. The van der Waals surface area contributed by atoms with Crippen molar-refractivity contribution in [1.29, 1.82) is 0 Å². The number of nitrogens with zero attached hydrogens (tertiary/aromatic N) is 3. The van der Waals surface area contributed by atoms with Crippen LogP contribution in [-0.4, -0.2) is 57.7 Å². The second-order valence-electron chi connectivity index (χ2n) is 8.85. The van der Waals surface area contributed by atoms with Crippen LogP contribution in [0.25, 0.3) is 11.0 Å². The molecule has 9 nitrogen and oxygen atoms in total. The van der Waals surface area contributed by atoms with E-state index >= 15 is 0 Å². The normalized spacial score (nSPS) is 16.2. The largest absolute Gasteiger partial charge is 0.374 e. The van der Waals surface area contributed by atoms with Gasteiger partial charge in [0, 0.05) is 32.4 Å². The molecule has 36 heavy (non-hydrogen) atoms. The molecule has 0 bridgehead atoms. The number of morpholine rings is 1. The lowest BCUT2D eigenvalue weighted by molar-refractivity contribution is -0.0292. The minimum Gasteiger partial charge on any atom is -0.374 e. The monoisotopic (exact) mass is 485 g/mol. The van der Waals surface area contributed by atoms with Crippen molar-refractivity contribution in [3.05, 3.63) is 110 Å². The molecule has 184 valence electrons. The van der Waals surface area contributed by atoms with Gasteiger partial charge in [-0.3, -0.25) is 24.0 Å². The van der Waals surface area contributed by atoms with Crippen molar-refractivity contribution in [3.8, 4) is 0 Å². The zero-order valence-electron chi connectivity index (χ0n) is 19.7. The first-order chi connectivity index (χ1) is 17.6. The molecule has 0 saturated carbocycles. The van der Waals surface area contributed by atoms with Crippen LogP contribution >= 0.6 is 0 Å². The fourth-order valence-corrected chi connectivity index (χ4v) is 4.40. The smallest absolute Gasteiger partial charge is 0.330 e. The standard InChI is InChI=1S/C27H27N5O4/c33-25(29-15-22-18-31(11-12-36-22)16-19-7-3-1-4-8-19)21-13-23-24(28-14-21)32(27(35)30-26(23)34)17-20-9-5-2-6-10-20/h1-10,13-14,22H,11-12,15-18H2,(H,29,33)(H,30,34,35)/t22-/m0/s1. The summed E-state index contributed by atoms with van der Waals surface area (Å²) in [5, 5.41) is 3.07. The third-order valence-electron chi connectivity index (χ3n) is 6.24. The summed E-state index contributed by atoms with van der Waals surface area (Å²) in [6, 6.07) is 21.1. The number of amides is 1. The summed E-state index contributed by atoms with van der Waals surface area (Å²) in [5.74, 6) is -0.353. The Morgan fingerprint density at radius 1 is 1.03 bits per heavy atom. The van der Waals surface area contributed by atoms with Crippen LogP contribution in [0.5, 0.6) is 0 Å². The molecule has 1 fully saturated rings. The lowest BCUT2D eigenvalue weighted by Gasteiger charge is -2.33. The van der Waals surface area contributed by atoms with E-state index in [1.54, 1.807) is 0 Å². The van der Waals surface area contributed by atoms with Crippen LogP contribution in [0.3, 0.4) is 0 Å². The van der Waals surface area contributed by atoms with Crippen molar-refractivity contribution >= 4 is 16.9 Å². The fourth-order valence-electron chi connectivity index (χ4n) is 4.40. The molecule has 0 aliphatic carbocycles. The Labute approximate surface area is 207 Å². The maximum atomic E-state index is 12.9. The van der Waals surface area contributed by atoms with Crippen molar-refractivity contribution in [2.75, 3.05) is 26.2 Å². The minimum absolute atomic E-state index is 0.140. The number of carbonyl (C=O) groups excluding carboxylic acids is 1. The van der Waals surface area contributed by atoms with E-state index in [1.165, 1.54) is 22.4 Å². The number of aromatic amines is 1. The highest BCUT2D eigenvalue weighted by Gasteiger charge is 2.22. The first-order valence-electron chi connectivity index (χ1n) is 11.9. The van der Waals surface area contributed by atoms with Crippen molar-refractivity contribution in [2.24, 2.45) is 0 Å². The summed E-state index contributed by atoms with van der Waals surface area (Å²) in [6.45, 7) is 3.56. The number of hydrogen-bond acceptors (Lipinski definition) is 6. The number of benzene rings is 2. The number of rotatable bonds is 7. The molecule has 5 rings (SSSR count). The third kappa shape index (κ3) is 5.42. The Bertz CT molecular complexity index is 1470. The zero-order chi connectivity index (χ0) is 24.9. The first-order valence-corrected chi connectivity index (χ1v) is 11.9. The highest BCUT2D eigenvalue weighted by molar-refractivity contribution is 5.96. The molecule has 1 atom stereocenters. The lowest BCUT2D eigenvalue weighted by Crippen LogP contribution is -2.47. The van der Waals surface area contributed by atoms with Crippen LogP contribution < -0.4 is 16.6 Å². The van der Waals surface area contributed by atoms with Crippen molar-refractivity contribution < 1.29 is 9.53 Å². The predicted molar refractivity (Wildman–Crippen MR) is 136 cm³/mol. The molecule has 1 amide bonds. The molecule has 2 aromatic carbocycles. The summed E-state index contributed by atoms with van der Waals surface area (Å²) in [7, 11) is 0. The van der Waals surface area contributed by atoms with E-state index in [2.05, 4.69) is 32.3 Å². The van der Waals surface area contributed by atoms with Crippen molar-refractivity contribution in [1.82, 2.24) is 24.8 Å². The fraction of sp³-hybridized carbons (Fsp3) is 0.259. The number of hydrogen-bond donors (Lipinski definition) is 2. The van der Waals surface area contributed by atoms with E-state index in [4.69, 9.17) is 4.74 Å². The second-order valence-corrected chi connectivity index (χ2v) is 8.85. The summed E-state index contributed by atoms with van der Waals surface area (Å²) >= 11 is 0. The topological polar surface area (TPSA) is 109 Å². The SMILES string of the molecule is O=C(NC[C@H]1CN(Cc2ccccc2)CCO1)c1cnc2c(c1)c(=O)[nH]c(=O)n2Cc1ccccc1. The van der Waals surface area contributed by atoms with Crippen LogP contribution in [0.2, 0.25) is 0 Å². The maximum absolute atomic E-state index is 12.9. The van der Waals surface area contributed by atoms with E-state index in [0.29, 0.717) is 19.7 Å². The highest BCUT2D eigenvalue weighted by atomic mass is 16.5. The number of aromatic nitrogens is 3. The average Bonchev–Trinajstić information content (AvgIpc) is 2.91. The molecule has 4 aromatic rings. The van der Waals surface area contributed by atoms with E-state index in [0.717, 1.165) is 18.7 Å². The van der Waals surface area contributed by atoms with Gasteiger partial charge in [-0.05, 0) is 17.2 Å². The first kappa shape index (κ1) is 23.7. The minimum atomic E-state index is -0.575. The molecular weight excluding hydrogens is 458 g/mol. The Kier molecular flexibility index (Phi) is 7.01. The van der Waals surface area contributed by atoms with Crippen LogP contribution in [0, 0.1) is 0 Å². The zero-order valence-corrected chi connectivity index (χ0v) is 19.7. The Hall–Kier alpha value is -4.08. The third-order valence-corrected chi connectivity index (χ3v) is 6.24. The molecule has 2 aromatic heterocycles. The van der Waals surface area contributed by atoms with Gasteiger partial charge in [0.2, 0.25) is 0 Å². The van der Waals surface area contributed by atoms with Gasteiger partial charge in [-0.2, -0.15) is 0 Å². The number of fused-ring (bicyclic) bond motifs is 1. The molecule has 2 N–H and O–H groups in total. The van der Waals surface area contributed by atoms with E-state index in [1.807, 2.05) is 48.5 Å². The van der Waals surface area contributed by atoms with Gasteiger partial charge in [0.05, 0.1) is 30.2 Å². The summed E-state index contributed by atoms with van der Waals surface area (Å²) in [4.78, 5) is 46.8. The van der Waals surface area contributed by atoms with E-state index < -0.39 is 11.2 Å². The molecule has 1 aliphatic rings. The van der Waals surface area contributed by atoms with Gasteiger partial charge >= 0.3 is 5.69 Å². The molecular formula is C27H27N5O4. The molecule has 1 aliphatic heterocycles. The summed E-state index contributed by atoms with van der Waals surface area (Å²) in [5.41, 5.74) is 1.49. The van der Waals surface area contributed by atoms with Gasteiger partial charge in [0.1, 0.15) is 5.65 Å². The maximum Gasteiger partial charge on any atom is 0.330 e. The number of nitrogens with one attached hydrogen (secondary N) is 2. The van der Waals surface area contributed by atoms with Crippen LogP contribution in [0.1, 0.15) is 21.5 Å². The number of ether oxygens (including phenoxy) is 1. The Morgan fingerprint density at radius 2 is 1.72 bits per heavy atom. The molecule has 0 radical (unpaired) electrons. The molecule has 3 heterocycles. The predicted octanol–water partition coefficient (Wildman–Crippen LogP) is 1.76. The van der Waals surface area contributed by atoms with Crippen molar-refractivity contribution in [3.63, 3.8) is 0 Å².